The predicted molar refractivity (Wildman–Crippen MR) is 106 cm³/mol. The van der Waals surface area contributed by atoms with Gasteiger partial charge in [-0.3, -0.25) is 4.90 Å². The number of methoxy groups -OCH3 is 1. The normalized spacial score (nSPS) is 11.0. The molecule has 0 atom stereocenters. The van der Waals surface area contributed by atoms with Gasteiger partial charge in [0.05, 0.1) is 26.5 Å². The minimum Gasteiger partial charge on any atom is -0.497 e. The fraction of sp³-hybridized carbons (Fsp3) is 0.318. The Morgan fingerprint density at radius 2 is 1.85 bits per heavy atom. The van der Waals surface area contributed by atoms with Crippen molar-refractivity contribution in [1.29, 1.82) is 0 Å². The molecule has 142 valence electrons. The predicted octanol–water partition coefficient (Wildman–Crippen LogP) is 4.56. The summed E-state index contributed by atoms with van der Waals surface area (Å²) in [4.78, 5) is 6.58. The van der Waals surface area contributed by atoms with Crippen molar-refractivity contribution in [3.8, 4) is 22.8 Å². The molecule has 0 amide bonds. The standard InChI is InChI=1S/C22H26N2O3/c1-17-7-4-5-8-20(17)26-14-6-13-24(2)16-22-23-15-21(27-22)18-9-11-19(25-3)12-10-18/h4-5,7-12,15H,6,13-14,16H2,1-3H3. The van der Waals surface area contributed by atoms with Crippen LogP contribution in [0.25, 0.3) is 11.3 Å². The third-order valence-corrected chi connectivity index (χ3v) is 4.37. The van der Waals surface area contributed by atoms with Crippen LogP contribution in [-0.2, 0) is 6.54 Å². The van der Waals surface area contributed by atoms with E-state index < -0.39 is 0 Å². The van der Waals surface area contributed by atoms with E-state index in [0.717, 1.165) is 41.4 Å². The third kappa shape index (κ3) is 5.34. The summed E-state index contributed by atoms with van der Waals surface area (Å²) in [6.45, 7) is 4.33. The number of oxazole rings is 1. The molecule has 0 bridgehead atoms. The maximum Gasteiger partial charge on any atom is 0.209 e. The van der Waals surface area contributed by atoms with E-state index in [-0.39, 0.29) is 0 Å². The molecule has 0 fully saturated rings. The van der Waals surface area contributed by atoms with Crippen LogP contribution in [0.1, 0.15) is 17.9 Å². The lowest BCUT2D eigenvalue weighted by molar-refractivity contribution is 0.244. The van der Waals surface area contributed by atoms with E-state index in [1.54, 1.807) is 13.3 Å². The van der Waals surface area contributed by atoms with E-state index in [1.165, 1.54) is 0 Å². The van der Waals surface area contributed by atoms with Crippen LogP contribution in [0.5, 0.6) is 11.5 Å². The number of rotatable bonds is 9. The van der Waals surface area contributed by atoms with Gasteiger partial charge in [0.25, 0.3) is 0 Å². The van der Waals surface area contributed by atoms with Gasteiger partial charge in [-0.2, -0.15) is 0 Å². The fourth-order valence-electron chi connectivity index (χ4n) is 2.82. The SMILES string of the molecule is COc1ccc(-c2cnc(CN(C)CCCOc3ccccc3C)o2)cc1. The molecule has 5 nitrogen and oxygen atoms in total. The van der Waals surface area contributed by atoms with Crippen molar-refractivity contribution in [2.24, 2.45) is 0 Å². The van der Waals surface area contributed by atoms with E-state index in [0.29, 0.717) is 19.0 Å². The van der Waals surface area contributed by atoms with Gasteiger partial charge in [0.15, 0.2) is 5.76 Å². The van der Waals surface area contributed by atoms with E-state index in [9.17, 15) is 0 Å². The molecule has 0 saturated carbocycles. The average Bonchev–Trinajstić information content (AvgIpc) is 3.15. The molecule has 5 heteroatoms. The summed E-state index contributed by atoms with van der Waals surface area (Å²) in [5.41, 5.74) is 2.15. The van der Waals surface area contributed by atoms with Crippen LogP contribution in [0.3, 0.4) is 0 Å². The summed E-state index contributed by atoms with van der Waals surface area (Å²) in [5, 5.41) is 0. The van der Waals surface area contributed by atoms with E-state index >= 15 is 0 Å². The Balaban J connectivity index is 1.45. The van der Waals surface area contributed by atoms with E-state index in [4.69, 9.17) is 13.9 Å². The van der Waals surface area contributed by atoms with Gasteiger partial charge < -0.3 is 13.9 Å². The quantitative estimate of drug-likeness (QED) is 0.520. The minimum atomic E-state index is 0.667. The molecule has 0 saturated heterocycles. The molecule has 0 radical (unpaired) electrons. The summed E-state index contributed by atoms with van der Waals surface area (Å²) in [6.07, 6.45) is 2.71. The van der Waals surface area contributed by atoms with Crippen LogP contribution in [0.2, 0.25) is 0 Å². The number of benzene rings is 2. The summed E-state index contributed by atoms with van der Waals surface area (Å²) in [6, 6.07) is 15.8. The first-order chi connectivity index (χ1) is 13.2. The molecule has 1 heterocycles. The van der Waals surface area contributed by atoms with Crippen molar-refractivity contribution in [2.75, 3.05) is 27.3 Å². The second-order valence-corrected chi connectivity index (χ2v) is 6.55. The van der Waals surface area contributed by atoms with Crippen LogP contribution < -0.4 is 9.47 Å². The molecule has 27 heavy (non-hydrogen) atoms. The molecule has 0 spiro atoms. The van der Waals surface area contributed by atoms with Gasteiger partial charge in [-0.15, -0.1) is 0 Å². The van der Waals surface area contributed by atoms with Crippen molar-refractivity contribution in [1.82, 2.24) is 9.88 Å². The van der Waals surface area contributed by atoms with Gasteiger partial charge in [0.2, 0.25) is 5.89 Å². The molecule has 0 aliphatic rings. The Hall–Kier alpha value is -2.79. The van der Waals surface area contributed by atoms with Crippen LogP contribution in [-0.4, -0.2) is 37.2 Å². The highest BCUT2D eigenvalue weighted by Crippen LogP contribution is 2.23. The molecule has 0 aliphatic carbocycles. The number of aromatic nitrogens is 1. The lowest BCUT2D eigenvalue weighted by Gasteiger charge is -2.15. The van der Waals surface area contributed by atoms with Crippen LogP contribution in [0.4, 0.5) is 0 Å². The lowest BCUT2D eigenvalue weighted by Crippen LogP contribution is -2.21. The number of hydrogen-bond acceptors (Lipinski definition) is 5. The molecular weight excluding hydrogens is 340 g/mol. The van der Waals surface area contributed by atoms with Crippen molar-refractivity contribution < 1.29 is 13.9 Å². The highest BCUT2D eigenvalue weighted by atomic mass is 16.5. The smallest absolute Gasteiger partial charge is 0.209 e. The molecule has 1 aromatic heterocycles. The first-order valence-electron chi connectivity index (χ1n) is 9.12. The highest BCUT2D eigenvalue weighted by molar-refractivity contribution is 5.57. The molecule has 0 unspecified atom stereocenters. The first-order valence-corrected chi connectivity index (χ1v) is 9.12. The number of nitrogens with zero attached hydrogens (tertiary/aromatic N) is 2. The molecule has 2 aromatic carbocycles. The average molecular weight is 366 g/mol. The molecular formula is C22H26N2O3. The summed E-state index contributed by atoms with van der Waals surface area (Å²) in [7, 11) is 3.72. The van der Waals surface area contributed by atoms with Gasteiger partial charge in [0.1, 0.15) is 11.5 Å². The van der Waals surface area contributed by atoms with Crippen LogP contribution in [0, 0.1) is 6.92 Å². The van der Waals surface area contributed by atoms with Crippen LogP contribution >= 0.6 is 0 Å². The van der Waals surface area contributed by atoms with Crippen LogP contribution in [0.15, 0.2) is 59.1 Å². The number of ether oxygens (including phenoxy) is 2. The van der Waals surface area contributed by atoms with Gasteiger partial charge in [-0.05, 0) is 56.3 Å². The fourth-order valence-corrected chi connectivity index (χ4v) is 2.82. The molecule has 0 aliphatic heterocycles. The Kier molecular flexibility index (Phi) is 6.49. The summed E-state index contributed by atoms with van der Waals surface area (Å²) >= 11 is 0. The second-order valence-electron chi connectivity index (χ2n) is 6.55. The zero-order valence-corrected chi connectivity index (χ0v) is 16.1. The number of para-hydroxylation sites is 1. The topological polar surface area (TPSA) is 47.7 Å². The Morgan fingerprint density at radius 3 is 2.59 bits per heavy atom. The second kappa shape index (κ2) is 9.24. The Bertz CT molecular complexity index is 843. The highest BCUT2D eigenvalue weighted by Gasteiger charge is 2.09. The van der Waals surface area contributed by atoms with Crippen molar-refractivity contribution in [3.05, 3.63) is 66.2 Å². The minimum absolute atomic E-state index is 0.667. The van der Waals surface area contributed by atoms with E-state index in [1.807, 2.05) is 42.5 Å². The van der Waals surface area contributed by atoms with Gasteiger partial charge in [0, 0.05) is 12.1 Å². The largest absolute Gasteiger partial charge is 0.497 e. The maximum absolute atomic E-state index is 5.88. The van der Waals surface area contributed by atoms with Crippen molar-refractivity contribution in [3.63, 3.8) is 0 Å². The van der Waals surface area contributed by atoms with Crippen molar-refractivity contribution in [2.45, 2.75) is 19.9 Å². The summed E-state index contributed by atoms with van der Waals surface area (Å²) < 4.78 is 16.9. The van der Waals surface area contributed by atoms with Crippen molar-refractivity contribution >= 4 is 0 Å². The van der Waals surface area contributed by atoms with E-state index in [2.05, 4.69) is 29.9 Å². The third-order valence-electron chi connectivity index (χ3n) is 4.37. The molecule has 3 rings (SSSR count). The lowest BCUT2D eigenvalue weighted by atomic mass is 10.2. The monoisotopic (exact) mass is 366 g/mol. The Labute approximate surface area is 160 Å². The van der Waals surface area contributed by atoms with Gasteiger partial charge in [-0.25, -0.2) is 4.98 Å². The molecule has 3 aromatic rings. The maximum atomic E-state index is 5.88. The first kappa shape index (κ1) is 19.0. The number of aryl methyl sites for hydroxylation is 1. The number of hydrogen-bond donors (Lipinski definition) is 0. The Morgan fingerprint density at radius 1 is 1.07 bits per heavy atom. The molecule has 0 N–H and O–H groups in total. The van der Waals surface area contributed by atoms with Gasteiger partial charge in [-0.1, -0.05) is 18.2 Å². The zero-order valence-electron chi connectivity index (χ0n) is 16.1. The van der Waals surface area contributed by atoms with Gasteiger partial charge >= 0.3 is 0 Å². The zero-order chi connectivity index (χ0) is 19.1. The summed E-state index contributed by atoms with van der Waals surface area (Å²) in [5.74, 6) is 3.26.